The zero-order valence-electron chi connectivity index (χ0n) is 9.86. The monoisotopic (exact) mass is 237 g/mol. The van der Waals surface area contributed by atoms with Crippen molar-refractivity contribution in [2.24, 2.45) is 11.7 Å². The summed E-state index contributed by atoms with van der Waals surface area (Å²) in [7, 11) is -0.259. The highest BCUT2D eigenvalue weighted by Gasteiger charge is 2.15. The highest BCUT2D eigenvalue weighted by molar-refractivity contribution is 7.87. The average Bonchev–Trinajstić information content (AvgIpc) is 2.15. The Hall–Kier alpha value is -0.170. The molecule has 0 rings (SSSR count). The van der Waals surface area contributed by atoms with Crippen LogP contribution in [0.2, 0.25) is 0 Å². The molecule has 0 aromatic rings. The van der Waals surface area contributed by atoms with Gasteiger partial charge in [-0.2, -0.15) is 12.7 Å². The third-order valence-electron chi connectivity index (χ3n) is 2.31. The summed E-state index contributed by atoms with van der Waals surface area (Å²) in [4.78, 5) is 0. The summed E-state index contributed by atoms with van der Waals surface area (Å²) in [5.74, 6) is 0.342. The van der Waals surface area contributed by atoms with Gasteiger partial charge in [-0.1, -0.05) is 13.3 Å². The van der Waals surface area contributed by atoms with Crippen LogP contribution in [0.25, 0.3) is 0 Å². The number of nitrogens with one attached hydrogen (secondary N) is 1. The first-order valence-electron chi connectivity index (χ1n) is 5.31. The van der Waals surface area contributed by atoms with Gasteiger partial charge in [0.1, 0.15) is 0 Å². The van der Waals surface area contributed by atoms with E-state index < -0.39 is 10.2 Å². The van der Waals surface area contributed by atoms with Gasteiger partial charge in [-0.15, -0.1) is 0 Å². The summed E-state index contributed by atoms with van der Waals surface area (Å²) in [5.41, 5.74) is 5.47. The molecule has 0 aromatic heterocycles. The predicted molar refractivity (Wildman–Crippen MR) is 62.7 cm³/mol. The van der Waals surface area contributed by atoms with Crippen LogP contribution in [0.4, 0.5) is 0 Å². The molecule has 0 fully saturated rings. The fourth-order valence-electron chi connectivity index (χ4n) is 1.34. The van der Waals surface area contributed by atoms with Gasteiger partial charge in [0.25, 0.3) is 10.2 Å². The van der Waals surface area contributed by atoms with Crippen molar-refractivity contribution in [3.8, 4) is 0 Å². The van der Waals surface area contributed by atoms with Gasteiger partial charge < -0.3 is 5.73 Å². The van der Waals surface area contributed by atoms with Gasteiger partial charge in [0.2, 0.25) is 0 Å². The second-order valence-corrected chi connectivity index (χ2v) is 5.84. The van der Waals surface area contributed by atoms with E-state index in [-0.39, 0.29) is 0 Å². The van der Waals surface area contributed by atoms with Gasteiger partial charge in [-0.3, -0.25) is 0 Å². The van der Waals surface area contributed by atoms with E-state index >= 15 is 0 Å². The average molecular weight is 237 g/mol. The molecule has 6 heteroatoms. The Bertz CT molecular complexity index is 246. The standard InChI is InChI=1S/C9H23N3O2S/c1-4-5-9(6-7-10)8-11-15(13,14)12(2)3/h9,11H,4-8,10H2,1-3H3. The minimum atomic E-state index is -3.29. The summed E-state index contributed by atoms with van der Waals surface area (Å²) in [6.45, 7) is 3.17. The third kappa shape index (κ3) is 6.09. The van der Waals surface area contributed by atoms with E-state index in [1.54, 1.807) is 0 Å². The molecule has 0 aromatic carbocycles. The summed E-state index contributed by atoms with van der Waals surface area (Å²) >= 11 is 0. The van der Waals surface area contributed by atoms with E-state index in [0.717, 1.165) is 19.3 Å². The van der Waals surface area contributed by atoms with Crippen LogP contribution >= 0.6 is 0 Å². The van der Waals surface area contributed by atoms with Gasteiger partial charge in [0, 0.05) is 20.6 Å². The highest BCUT2D eigenvalue weighted by Crippen LogP contribution is 2.09. The smallest absolute Gasteiger partial charge is 0.278 e. The zero-order valence-corrected chi connectivity index (χ0v) is 10.7. The first-order valence-corrected chi connectivity index (χ1v) is 6.75. The molecule has 0 amide bonds. The lowest BCUT2D eigenvalue weighted by molar-refractivity contribution is 0.432. The predicted octanol–water partition coefficient (Wildman–Crippen LogP) is 0.148. The molecule has 0 saturated heterocycles. The van der Waals surface area contributed by atoms with Crippen molar-refractivity contribution in [1.29, 1.82) is 0 Å². The van der Waals surface area contributed by atoms with Crippen molar-refractivity contribution in [2.45, 2.75) is 26.2 Å². The maximum absolute atomic E-state index is 11.4. The van der Waals surface area contributed by atoms with E-state index in [0.29, 0.717) is 19.0 Å². The van der Waals surface area contributed by atoms with Crippen LogP contribution in [0.3, 0.4) is 0 Å². The minimum absolute atomic E-state index is 0.342. The fraction of sp³-hybridized carbons (Fsp3) is 1.00. The Morgan fingerprint density at radius 3 is 2.33 bits per heavy atom. The number of rotatable bonds is 8. The molecule has 0 bridgehead atoms. The maximum atomic E-state index is 11.4. The summed E-state index contributed by atoms with van der Waals surface area (Å²) in [5, 5.41) is 0. The summed E-state index contributed by atoms with van der Waals surface area (Å²) < 4.78 is 26.6. The van der Waals surface area contributed by atoms with Gasteiger partial charge >= 0.3 is 0 Å². The normalized spacial score (nSPS) is 14.5. The van der Waals surface area contributed by atoms with E-state index in [1.807, 2.05) is 0 Å². The van der Waals surface area contributed by atoms with Crippen LogP contribution in [0, 0.1) is 5.92 Å². The molecule has 0 heterocycles. The number of hydrogen-bond donors (Lipinski definition) is 2. The van der Waals surface area contributed by atoms with Crippen LogP contribution in [0.5, 0.6) is 0 Å². The lowest BCUT2D eigenvalue weighted by Crippen LogP contribution is -2.38. The van der Waals surface area contributed by atoms with Crippen LogP contribution < -0.4 is 10.5 Å². The Balaban J connectivity index is 4.09. The molecule has 92 valence electrons. The molecular weight excluding hydrogens is 214 g/mol. The largest absolute Gasteiger partial charge is 0.330 e. The van der Waals surface area contributed by atoms with Crippen molar-refractivity contribution < 1.29 is 8.42 Å². The van der Waals surface area contributed by atoms with Gasteiger partial charge in [0.15, 0.2) is 0 Å². The molecule has 3 N–H and O–H groups in total. The quantitative estimate of drug-likeness (QED) is 0.631. The Labute approximate surface area is 93.2 Å². The molecular formula is C9H23N3O2S. The van der Waals surface area contributed by atoms with Gasteiger partial charge in [-0.05, 0) is 25.3 Å². The molecule has 15 heavy (non-hydrogen) atoms. The van der Waals surface area contributed by atoms with Crippen molar-refractivity contribution in [3.05, 3.63) is 0 Å². The number of hydrogen-bond acceptors (Lipinski definition) is 3. The second-order valence-electron chi connectivity index (χ2n) is 3.87. The van der Waals surface area contributed by atoms with E-state index in [1.165, 1.54) is 18.4 Å². The Morgan fingerprint density at radius 2 is 1.93 bits per heavy atom. The fourth-order valence-corrected chi connectivity index (χ4v) is 2.05. The van der Waals surface area contributed by atoms with Crippen LogP contribution in [-0.2, 0) is 10.2 Å². The second kappa shape index (κ2) is 7.16. The van der Waals surface area contributed by atoms with Crippen molar-refractivity contribution in [3.63, 3.8) is 0 Å². The first kappa shape index (κ1) is 14.8. The highest BCUT2D eigenvalue weighted by atomic mass is 32.2. The Morgan fingerprint density at radius 1 is 1.33 bits per heavy atom. The molecule has 0 radical (unpaired) electrons. The number of nitrogens with zero attached hydrogens (tertiary/aromatic N) is 1. The molecule has 5 nitrogen and oxygen atoms in total. The van der Waals surface area contributed by atoms with Crippen molar-refractivity contribution in [1.82, 2.24) is 9.03 Å². The lowest BCUT2D eigenvalue weighted by atomic mass is 10.0. The van der Waals surface area contributed by atoms with E-state index in [9.17, 15) is 8.42 Å². The zero-order chi connectivity index (χ0) is 11.9. The first-order chi connectivity index (χ1) is 6.94. The molecule has 1 unspecified atom stereocenters. The minimum Gasteiger partial charge on any atom is -0.330 e. The molecule has 0 aliphatic carbocycles. The number of nitrogens with two attached hydrogens (primary N) is 1. The van der Waals surface area contributed by atoms with Crippen molar-refractivity contribution >= 4 is 10.2 Å². The molecule has 0 aliphatic rings. The van der Waals surface area contributed by atoms with E-state index in [2.05, 4.69) is 11.6 Å². The Kier molecular flexibility index (Phi) is 7.08. The third-order valence-corrected chi connectivity index (χ3v) is 3.80. The SMILES string of the molecule is CCCC(CCN)CNS(=O)(=O)N(C)C. The molecule has 0 aliphatic heterocycles. The van der Waals surface area contributed by atoms with Crippen molar-refractivity contribution in [2.75, 3.05) is 27.2 Å². The molecule has 1 atom stereocenters. The topological polar surface area (TPSA) is 75.4 Å². The molecule has 0 spiro atoms. The van der Waals surface area contributed by atoms with Crippen LogP contribution in [0.15, 0.2) is 0 Å². The van der Waals surface area contributed by atoms with E-state index in [4.69, 9.17) is 5.73 Å². The van der Waals surface area contributed by atoms with Crippen LogP contribution in [-0.4, -0.2) is 39.9 Å². The van der Waals surface area contributed by atoms with Gasteiger partial charge in [0.05, 0.1) is 0 Å². The molecule has 0 saturated carbocycles. The summed E-state index contributed by atoms with van der Waals surface area (Å²) in [6.07, 6.45) is 2.92. The summed E-state index contributed by atoms with van der Waals surface area (Å²) in [6, 6.07) is 0. The maximum Gasteiger partial charge on any atom is 0.278 e. The lowest BCUT2D eigenvalue weighted by Gasteiger charge is -2.18. The van der Waals surface area contributed by atoms with Crippen LogP contribution in [0.1, 0.15) is 26.2 Å². The van der Waals surface area contributed by atoms with Gasteiger partial charge in [-0.25, -0.2) is 4.72 Å².